The highest BCUT2D eigenvalue weighted by Gasteiger charge is 2.27. The van der Waals surface area contributed by atoms with Gasteiger partial charge in [0, 0.05) is 18.7 Å². The second-order valence-corrected chi connectivity index (χ2v) is 8.38. The predicted octanol–water partition coefficient (Wildman–Crippen LogP) is 4.39. The predicted molar refractivity (Wildman–Crippen MR) is 116 cm³/mol. The molecule has 0 aromatic heterocycles. The molecular weight excluding hydrogens is 364 g/mol. The molecule has 2 amide bonds. The number of nitrogens with zero attached hydrogens (tertiary/aromatic N) is 2. The van der Waals surface area contributed by atoms with Gasteiger partial charge in [0.2, 0.25) is 0 Å². The molecule has 5 nitrogen and oxygen atoms in total. The first-order chi connectivity index (χ1) is 13.7. The van der Waals surface area contributed by atoms with Crippen LogP contribution < -0.4 is 9.64 Å². The summed E-state index contributed by atoms with van der Waals surface area (Å²) in [6.45, 7) is 12.3. The van der Waals surface area contributed by atoms with Crippen LogP contribution in [0.1, 0.15) is 56.1 Å². The first-order valence-corrected chi connectivity index (χ1v) is 10.2. The van der Waals surface area contributed by atoms with Gasteiger partial charge in [-0.25, -0.2) is 0 Å². The van der Waals surface area contributed by atoms with E-state index in [9.17, 15) is 9.59 Å². The maximum Gasteiger partial charge on any atom is 0.265 e. The van der Waals surface area contributed by atoms with Gasteiger partial charge in [0.15, 0.2) is 6.61 Å². The van der Waals surface area contributed by atoms with Crippen molar-refractivity contribution in [2.75, 3.05) is 24.6 Å². The monoisotopic (exact) mass is 394 g/mol. The summed E-state index contributed by atoms with van der Waals surface area (Å²) in [6.07, 6.45) is 0. The van der Waals surface area contributed by atoms with Gasteiger partial charge in [-0.2, -0.15) is 0 Å². The molecule has 0 radical (unpaired) electrons. The molecular formula is C24H30N2O3. The molecule has 5 heteroatoms. The fourth-order valence-corrected chi connectivity index (χ4v) is 3.47. The molecule has 0 N–H and O–H groups in total. The summed E-state index contributed by atoms with van der Waals surface area (Å²) in [5.41, 5.74) is 3.58. The maximum atomic E-state index is 12.6. The molecule has 1 heterocycles. The molecule has 3 rings (SSSR count). The van der Waals surface area contributed by atoms with Crippen LogP contribution in [0.3, 0.4) is 0 Å². The van der Waals surface area contributed by atoms with E-state index >= 15 is 0 Å². The van der Waals surface area contributed by atoms with Crippen molar-refractivity contribution >= 4 is 17.5 Å². The summed E-state index contributed by atoms with van der Waals surface area (Å²) in [7, 11) is 0. The van der Waals surface area contributed by atoms with Crippen LogP contribution in [-0.4, -0.2) is 36.4 Å². The molecule has 29 heavy (non-hydrogen) atoms. The van der Waals surface area contributed by atoms with Gasteiger partial charge >= 0.3 is 0 Å². The van der Waals surface area contributed by atoms with E-state index in [1.54, 1.807) is 9.80 Å². The minimum Gasteiger partial charge on any atom is -0.482 e. The summed E-state index contributed by atoms with van der Waals surface area (Å²) in [6, 6.07) is 13.6. The number of carbonyl (C=O) groups is 2. The lowest BCUT2D eigenvalue weighted by Gasteiger charge is -2.31. The van der Waals surface area contributed by atoms with Crippen LogP contribution in [-0.2, 0) is 16.8 Å². The summed E-state index contributed by atoms with van der Waals surface area (Å²) >= 11 is 0. The van der Waals surface area contributed by atoms with Gasteiger partial charge < -0.3 is 14.5 Å². The molecule has 1 aliphatic rings. The lowest BCUT2D eigenvalue weighted by molar-refractivity contribution is -0.121. The van der Waals surface area contributed by atoms with Crippen LogP contribution in [0.15, 0.2) is 42.5 Å². The smallest absolute Gasteiger partial charge is 0.265 e. The van der Waals surface area contributed by atoms with Crippen LogP contribution in [0.2, 0.25) is 0 Å². The fourth-order valence-electron chi connectivity index (χ4n) is 3.47. The Bertz CT molecular complexity index is 893. The summed E-state index contributed by atoms with van der Waals surface area (Å²) < 4.78 is 5.63. The molecule has 0 unspecified atom stereocenters. The third-order valence-corrected chi connectivity index (χ3v) is 5.36. The minimum atomic E-state index is -0.0631. The molecule has 0 aliphatic carbocycles. The van der Waals surface area contributed by atoms with Crippen LogP contribution >= 0.6 is 0 Å². The first kappa shape index (κ1) is 20.9. The highest BCUT2D eigenvalue weighted by molar-refractivity contribution is 5.98. The second kappa shape index (κ2) is 8.27. The Labute approximate surface area is 173 Å². The summed E-state index contributed by atoms with van der Waals surface area (Å²) in [5, 5.41) is 0. The van der Waals surface area contributed by atoms with Crippen LogP contribution in [0, 0.1) is 0 Å². The number of ether oxygens (including phenoxy) is 1. The summed E-state index contributed by atoms with van der Waals surface area (Å²) in [5.74, 6) is 0.696. The van der Waals surface area contributed by atoms with E-state index < -0.39 is 0 Å². The SMILES string of the molecule is CCN(CC)C(=O)c1ccc(CN2C(=O)COc3ccc(C(C)(C)C)cc32)cc1. The Hall–Kier alpha value is -2.82. The van der Waals surface area contributed by atoms with E-state index in [1.807, 2.05) is 50.2 Å². The molecule has 154 valence electrons. The zero-order valence-corrected chi connectivity index (χ0v) is 18.0. The Kier molecular flexibility index (Phi) is 5.96. The number of benzene rings is 2. The maximum absolute atomic E-state index is 12.6. The largest absolute Gasteiger partial charge is 0.482 e. The second-order valence-electron chi connectivity index (χ2n) is 8.38. The molecule has 0 atom stereocenters. The van der Waals surface area contributed by atoms with Gasteiger partial charge in [-0.3, -0.25) is 9.59 Å². The molecule has 1 aliphatic heterocycles. The molecule has 0 saturated heterocycles. The average Bonchev–Trinajstić information content (AvgIpc) is 2.70. The quantitative estimate of drug-likeness (QED) is 0.756. The topological polar surface area (TPSA) is 49.9 Å². The van der Waals surface area contributed by atoms with E-state index in [-0.39, 0.29) is 23.8 Å². The third kappa shape index (κ3) is 4.44. The van der Waals surface area contributed by atoms with Crippen molar-refractivity contribution in [2.24, 2.45) is 0 Å². The number of hydrogen-bond donors (Lipinski definition) is 0. The fraction of sp³-hybridized carbons (Fsp3) is 0.417. The van der Waals surface area contributed by atoms with E-state index in [0.717, 1.165) is 22.6 Å². The number of hydrogen-bond acceptors (Lipinski definition) is 3. The highest BCUT2D eigenvalue weighted by Crippen LogP contribution is 2.37. The van der Waals surface area contributed by atoms with Gasteiger partial charge in [-0.15, -0.1) is 0 Å². The molecule has 0 spiro atoms. The molecule has 2 aromatic carbocycles. The lowest BCUT2D eigenvalue weighted by atomic mass is 9.86. The normalized spacial score (nSPS) is 13.7. The average molecular weight is 395 g/mol. The Morgan fingerprint density at radius 2 is 1.72 bits per heavy atom. The first-order valence-electron chi connectivity index (χ1n) is 10.2. The van der Waals surface area contributed by atoms with E-state index in [1.165, 1.54) is 0 Å². The van der Waals surface area contributed by atoms with E-state index in [4.69, 9.17) is 4.74 Å². The van der Waals surface area contributed by atoms with Crippen molar-refractivity contribution in [1.29, 1.82) is 0 Å². The minimum absolute atomic E-state index is 0.0202. The van der Waals surface area contributed by atoms with Gasteiger partial charge in [-0.05, 0) is 54.7 Å². The Morgan fingerprint density at radius 3 is 2.31 bits per heavy atom. The zero-order valence-electron chi connectivity index (χ0n) is 18.0. The number of rotatable bonds is 5. The highest BCUT2D eigenvalue weighted by atomic mass is 16.5. The van der Waals surface area contributed by atoms with Crippen LogP contribution in [0.5, 0.6) is 5.75 Å². The van der Waals surface area contributed by atoms with E-state index in [0.29, 0.717) is 25.2 Å². The van der Waals surface area contributed by atoms with Gasteiger partial charge in [-0.1, -0.05) is 39.0 Å². The molecule has 0 saturated carbocycles. The molecule has 2 aromatic rings. The van der Waals surface area contributed by atoms with Crippen molar-refractivity contribution < 1.29 is 14.3 Å². The number of amides is 2. The van der Waals surface area contributed by atoms with Crippen LogP contribution in [0.4, 0.5) is 5.69 Å². The molecule has 0 bridgehead atoms. The van der Waals surface area contributed by atoms with Crippen molar-refractivity contribution in [2.45, 2.75) is 46.6 Å². The van der Waals surface area contributed by atoms with Crippen molar-refractivity contribution in [3.63, 3.8) is 0 Å². The van der Waals surface area contributed by atoms with Crippen molar-refractivity contribution in [1.82, 2.24) is 4.90 Å². The number of fused-ring (bicyclic) bond motifs is 1. The van der Waals surface area contributed by atoms with Crippen molar-refractivity contribution in [3.05, 3.63) is 59.2 Å². The lowest BCUT2D eigenvalue weighted by Crippen LogP contribution is -2.38. The van der Waals surface area contributed by atoms with Gasteiger partial charge in [0.1, 0.15) is 5.75 Å². The van der Waals surface area contributed by atoms with Gasteiger partial charge in [0.25, 0.3) is 11.8 Å². The standard InChI is InChI=1S/C24H30N2O3/c1-6-25(7-2)23(28)18-10-8-17(9-11-18)15-26-20-14-19(24(3,4)5)12-13-21(20)29-16-22(26)27/h8-14H,6-7,15-16H2,1-5H3. The van der Waals surface area contributed by atoms with Gasteiger partial charge in [0.05, 0.1) is 12.2 Å². The third-order valence-electron chi connectivity index (χ3n) is 5.36. The molecule has 0 fully saturated rings. The Morgan fingerprint density at radius 1 is 1.07 bits per heavy atom. The van der Waals surface area contributed by atoms with E-state index in [2.05, 4.69) is 26.8 Å². The van der Waals surface area contributed by atoms with Crippen molar-refractivity contribution in [3.8, 4) is 5.75 Å². The number of anilines is 1. The number of carbonyl (C=O) groups excluding carboxylic acids is 2. The van der Waals surface area contributed by atoms with Crippen LogP contribution in [0.25, 0.3) is 0 Å². The zero-order chi connectivity index (χ0) is 21.2. The summed E-state index contributed by atoms with van der Waals surface area (Å²) in [4.78, 5) is 28.7. The Balaban J connectivity index is 1.85.